The highest BCUT2D eigenvalue weighted by Crippen LogP contribution is 2.33. The number of carbonyl (C=O) groups is 1. The summed E-state index contributed by atoms with van der Waals surface area (Å²) in [5, 5.41) is 0.701. The predicted molar refractivity (Wildman–Crippen MR) is 120 cm³/mol. The van der Waals surface area contributed by atoms with Crippen molar-refractivity contribution in [1.82, 2.24) is 13.6 Å². The van der Waals surface area contributed by atoms with E-state index in [0.717, 1.165) is 42.6 Å². The van der Waals surface area contributed by atoms with E-state index in [0.29, 0.717) is 31.1 Å². The molecular weight excluding hydrogens is 438 g/mol. The number of nitrogens with zero attached hydrogens (tertiary/aromatic N) is 2. The van der Waals surface area contributed by atoms with Crippen LogP contribution in [0.5, 0.6) is 0 Å². The average molecular weight is 466 g/mol. The number of hydrogen-bond donors (Lipinski definition) is 1. The molecule has 0 amide bonds. The molecule has 1 N–H and O–H groups in total. The quantitative estimate of drug-likeness (QED) is 0.681. The van der Waals surface area contributed by atoms with Gasteiger partial charge in [-0.25, -0.2) is 0 Å². The Morgan fingerprint density at radius 1 is 1.03 bits per heavy atom. The summed E-state index contributed by atoms with van der Waals surface area (Å²) in [5.74, 6) is -0.204. The van der Waals surface area contributed by atoms with Gasteiger partial charge in [-0.2, -0.15) is 17.0 Å². The van der Waals surface area contributed by atoms with Crippen LogP contribution in [0.2, 0.25) is 5.02 Å². The topological polar surface area (TPSA) is 82.7 Å². The monoisotopic (exact) mass is 465 g/mol. The van der Waals surface area contributed by atoms with Crippen LogP contribution in [0.25, 0.3) is 11.3 Å². The minimum Gasteiger partial charge on any atom is -0.468 e. The standard InChI is InChI=1S/C22H28ClN3O4S/c1-30-22(27)21-4-2-3-13-26(21)31(28,29)25-14-11-17(12-15-25)20-10-9-19(24-20)16-5-7-18(23)8-6-16/h5-10,17,21,24H,2-4,11-15H2,1H3/t21-/m1/s1. The van der Waals surface area contributed by atoms with E-state index in [9.17, 15) is 13.2 Å². The van der Waals surface area contributed by atoms with Crippen molar-refractivity contribution in [2.24, 2.45) is 0 Å². The smallest absolute Gasteiger partial charge is 0.324 e. The number of halogens is 1. The van der Waals surface area contributed by atoms with Crippen LogP contribution >= 0.6 is 11.6 Å². The Labute approximate surface area is 188 Å². The first-order valence-electron chi connectivity index (χ1n) is 10.7. The van der Waals surface area contributed by atoms with Gasteiger partial charge in [0.25, 0.3) is 10.2 Å². The molecule has 2 aliphatic rings. The second-order valence-electron chi connectivity index (χ2n) is 8.16. The van der Waals surface area contributed by atoms with Gasteiger partial charge in [0.1, 0.15) is 6.04 Å². The molecule has 7 nitrogen and oxygen atoms in total. The maximum atomic E-state index is 13.3. The van der Waals surface area contributed by atoms with Crippen LogP contribution in [0.15, 0.2) is 36.4 Å². The van der Waals surface area contributed by atoms with Crippen molar-refractivity contribution in [3.8, 4) is 11.3 Å². The van der Waals surface area contributed by atoms with Crippen molar-refractivity contribution in [3.63, 3.8) is 0 Å². The van der Waals surface area contributed by atoms with E-state index in [1.54, 1.807) is 0 Å². The second kappa shape index (κ2) is 9.32. The number of benzene rings is 1. The summed E-state index contributed by atoms with van der Waals surface area (Å²) in [4.78, 5) is 15.6. The molecule has 2 saturated heterocycles. The number of aromatic nitrogens is 1. The van der Waals surface area contributed by atoms with Gasteiger partial charge < -0.3 is 9.72 Å². The summed E-state index contributed by atoms with van der Waals surface area (Å²) >= 11 is 5.97. The maximum Gasteiger partial charge on any atom is 0.324 e. The van der Waals surface area contributed by atoms with Crippen molar-refractivity contribution in [2.45, 2.75) is 44.1 Å². The molecule has 2 fully saturated rings. The van der Waals surface area contributed by atoms with Gasteiger partial charge in [0.05, 0.1) is 7.11 Å². The highest BCUT2D eigenvalue weighted by Gasteiger charge is 2.41. The van der Waals surface area contributed by atoms with Crippen LogP contribution in [0, 0.1) is 0 Å². The lowest BCUT2D eigenvalue weighted by Crippen LogP contribution is -2.54. The van der Waals surface area contributed by atoms with E-state index >= 15 is 0 Å². The Morgan fingerprint density at radius 3 is 2.42 bits per heavy atom. The molecular formula is C22H28ClN3O4S. The van der Waals surface area contributed by atoms with E-state index in [-0.39, 0.29) is 5.92 Å². The maximum absolute atomic E-state index is 13.3. The van der Waals surface area contributed by atoms with Crippen LogP contribution in [-0.4, -0.2) is 60.8 Å². The lowest BCUT2D eigenvalue weighted by Gasteiger charge is -2.38. The number of esters is 1. The number of rotatable bonds is 5. The first kappa shape index (κ1) is 22.3. The molecule has 0 bridgehead atoms. The largest absolute Gasteiger partial charge is 0.468 e. The summed E-state index contributed by atoms with van der Waals surface area (Å²) in [6, 6.07) is 11.1. The number of ether oxygens (including phenoxy) is 1. The normalized spacial score (nSPS) is 21.8. The summed E-state index contributed by atoms with van der Waals surface area (Å²) in [6.07, 6.45) is 3.57. The van der Waals surface area contributed by atoms with Crippen LogP contribution < -0.4 is 0 Å². The third-order valence-electron chi connectivity index (χ3n) is 6.31. The number of H-pyrrole nitrogens is 1. The molecule has 168 valence electrons. The summed E-state index contributed by atoms with van der Waals surface area (Å²) in [5.41, 5.74) is 3.21. The van der Waals surface area contributed by atoms with Crippen molar-refractivity contribution >= 4 is 27.8 Å². The lowest BCUT2D eigenvalue weighted by atomic mass is 9.95. The zero-order chi connectivity index (χ0) is 22.0. The van der Waals surface area contributed by atoms with Crippen molar-refractivity contribution < 1.29 is 17.9 Å². The zero-order valence-electron chi connectivity index (χ0n) is 17.6. The van der Waals surface area contributed by atoms with Crippen LogP contribution in [-0.2, 0) is 19.7 Å². The third kappa shape index (κ3) is 4.67. The van der Waals surface area contributed by atoms with E-state index in [4.69, 9.17) is 16.3 Å². The summed E-state index contributed by atoms with van der Waals surface area (Å²) < 4.78 is 34.2. The minimum atomic E-state index is -3.69. The Hall–Kier alpha value is -1.87. The van der Waals surface area contributed by atoms with Crippen LogP contribution in [0.1, 0.15) is 43.7 Å². The molecule has 1 aromatic heterocycles. The molecule has 9 heteroatoms. The number of piperidine rings is 2. The van der Waals surface area contributed by atoms with Crippen molar-refractivity contribution in [1.29, 1.82) is 0 Å². The SMILES string of the molecule is COC(=O)[C@H]1CCCCN1S(=O)(=O)N1CCC(c2ccc(-c3ccc(Cl)cc3)[nH]2)CC1. The van der Waals surface area contributed by atoms with E-state index in [1.807, 2.05) is 24.3 Å². The highest BCUT2D eigenvalue weighted by molar-refractivity contribution is 7.86. The average Bonchev–Trinajstić information content (AvgIpc) is 3.29. The van der Waals surface area contributed by atoms with Crippen LogP contribution in [0.3, 0.4) is 0 Å². The Balaban J connectivity index is 1.42. The van der Waals surface area contributed by atoms with Crippen molar-refractivity contribution in [2.75, 3.05) is 26.7 Å². The van der Waals surface area contributed by atoms with Crippen LogP contribution in [0.4, 0.5) is 0 Å². The van der Waals surface area contributed by atoms with Gasteiger partial charge in [-0.3, -0.25) is 4.79 Å². The molecule has 0 saturated carbocycles. The van der Waals surface area contributed by atoms with Gasteiger partial charge in [0.15, 0.2) is 0 Å². The lowest BCUT2D eigenvalue weighted by molar-refractivity contribution is -0.146. The van der Waals surface area contributed by atoms with E-state index < -0.39 is 22.2 Å². The van der Waals surface area contributed by atoms with Gasteiger partial charge in [0.2, 0.25) is 0 Å². The number of carbonyl (C=O) groups excluding carboxylic acids is 1. The number of hydrogen-bond acceptors (Lipinski definition) is 4. The highest BCUT2D eigenvalue weighted by atomic mass is 35.5. The molecule has 0 unspecified atom stereocenters. The fourth-order valence-corrected chi connectivity index (χ4v) is 6.51. The zero-order valence-corrected chi connectivity index (χ0v) is 19.2. The minimum absolute atomic E-state index is 0.269. The van der Waals surface area contributed by atoms with Gasteiger partial charge >= 0.3 is 5.97 Å². The Morgan fingerprint density at radius 2 is 1.74 bits per heavy atom. The molecule has 1 atom stereocenters. The van der Waals surface area contributed by atoms with Gasteiger partial charge in [-0.15, -0.1) is 0 Å². The Bertz CT molecular complexity index is 1010. The molecule has 2 aromatic rings. The van der Waals surface area contributed by atoms with Gasteiger partial charge in [-0.1, -0.05) is 23.7 Å². The Kier molecular flexibility index (Phi) is 6.71. The first-order chi connectivity index (χ1) is 14.9. The number of aromatic amines is 1. The molecule has 0 radical (unpaired) electrons. The molecule has 0 spiro atoms. The fraction of sp³-hybridized carbons (Fsp3) is 0.500. The summed E-state index contributed by atoms with van der Waals surface area (Å²) in [6.45, 7) is 1.24. The molecule has 2 aliphatic heterocycles. The third-order valence-corrected chi connectivity index (χ3v) is 8.61. The molecule has 31 heavy (non-hydrogen) atoms. The second-order valence-corrected chi connectivity index (χ2v) is 10.5. The van der Waals surface area contributed by atoms with Crippen molar-refractivity contribution in [3.05, 3.63) is 47.1 Å². The molecule has 0 aliphatic carbocycles. The van der Waals surface area contributed by atoms with E-state index in [1.165, 1.54) is 15.7 Å². The number of methoxy groups -OCH3 is 1. The molecule has 3 heterocycles. The summed E-state index contributed by atoms with van der Waals surface area (Å²) in [7, 11) is -2.39. The molecule has 1 aromatic carbocycles. The predicted octanol–water partition coefficient (Wildman–Crippen LogP) is 3.79. The van der Waals surface area contributed by atoms with Gasteiger partial charge in [-0.05, 0) is 61.9 Å². The molecule has 4 rings (SSSR count). The first-order valence-corrected chi connectivity index (χ1v) is 12.5. The van der Waals surface area contributed by atoms with Gasteiger partial charge in [0, 0.05) is 42.0 Å². The fourth-order valence-electron chi connectivity index (χ4n) is 4.55. The number of nitrogens with one attached hydrogen (secondary N) is 1. The van der Waals surface area contributed by atoms with E-state index in [2.05, 4.69) is 17.1 Å².